The molecule has 0 aliphatic rings. The monoisotopic (exact) mass is 331 g/mol. The van der Waals surface area contributed by atoms with Crippen LogP contribution in [0, 0.1) is 0 Å². The third kappa shape index (κ3) is 13.7. The maximum absolute atomic E-state index is 11.3. The molecule has 2 N–H and O–H groups in total. The van der Waals surface area contributed by atoms with E-state index in [0.717, 1.165) is 12.8 Å². The minimum absolute atomic E-state index is 0. The zero-order valence-corrected chi connectivity index (χ0v) is 13.6. The average Bonchev–Trinajstić information content (AvgIpc) is 2.36. The molecule has 0 aliphatic heterocycles. The molecule has 1 atom stereocenters. The van der Waals surface area contributed by atoms with Crippen LogP contribution in [0.5, 0.6) is 0 Å². The van der Waals surface area contributed by atoms with Crippen molar-refractivity contribution >= 4 is 45.6 Å². The van der Waals surface area contributed by atoms with Crippen molar-refractivity contribution in [2.75, 3.05) is 0 Å². The fraction of sp³-hybridized carbons (Fsp3) is 0.929. The summed E-state index contributed by atoms with van der Waals surface area (Å²) in [5, 5.41) is -1.17. The zero-order valence-electron chi connectivity index (χ0n) is 12.8. The normalized spacial score (nSPS) is 12.5. The van der Waals surface area contributed by atoms with Gasteiger partial charge in [0.25, 0.3) is 0 Å². The van der Waals surface area contributed by atoms with Crippen molar-refractivity contribution in [3.63, 3.8) is 0 Å². The molecule has 0 saturated carbocycles. The van der Waals surface area contributed by atoms with E-state index < -0.39 is 21.5 Å². The first-order chi connectivity index (χ1) is 9.40. The summed E-state index contributed by atoms with van der Waals surface area (Å²) in [5.41, 5.74) is 5.20. The summed E-state index contributed by atoms with van der Waals surface area (Å²) in [7, 11) is -3.93. The van der Waals surface area contributed by atoms with Gasteiger partial charge in [0.2, 0.25) is 0 Å². The number of carbonyl (C=O) groups is 1. The van der Waals surface area contributed by atoms with Crippen molar-refractivity contribution in [1.82, 2.24) is 0 Å². The van der Waals surface area contributed by atoms with Crippen molar-refractivity contribution < 1.29 is 17.4 Å². The molecular weight excluding hydrogens is 301 g/mol. The Bertz CT molecular complexity index is 358. The van der Waals surface area contributed by atoms with Gasteiger partial charge in [0.05, 0.1) is 0 Å². The summed E-state index contributed by atoms with van der Waals surface area (Å²) < 4.78 is 26.8. The number of unbranched alkanes of at least 4 members (excludes halogenated alkanes) is 8. The molecule has 0 heterocycles. The van der Waals surface area contributed by atoms with Gasteiger partial charge in [-0.25, -0.2) is 0 Å². The van der Waals surface area contributed by atoms with Gasteiger partial charge < -0.3 is 9.92 Å². The van der Waals surface area contributed by atoms with E-state index in [-0.39, 0.29) is 36.0 Å². The first-order valence-corrected chi connectivity index (χ1v) is 9.09. The Morgan fingerprint density at radius 3 is 1.86 bits per heavy atom. The Hall–Kier alpha value is 0.380. The number of carbonyl (C=O) groups excluding carboxylic acids is 1. The van der Waals surface area contributed by atoms with Crippen molar-refractivity contribution in [1.29, 1.82) is 0 Å². The van der Waals surface area contributed by atoms with Gasteiger partial charge in [0.15, 0.2) is 0 Å². The number of hydrogen-bond acceptors (Lipinski definition) is 5. The first-order valence-electron chi connectivity index (χ1n) is 7.62. The second kappa shape index (κ2) is 14.0. The fourth-order valence-electron chi connectivity index (χ4n) is 1.83. The number of rotatable bonds is 12. The van der Waals surface area contributed by atoms with Gasteiger partial charge in [-0.2, -0.15) is 8.42 Å². The molecule has 0 amide bonds. The molecule has 21 heavy (non-hydrogen) atoms. The van der Waals surface area contributed by atoms with Gasteiger partial charge in [-0.15, -0.1) is 0 Å². The van der Waals surface area contributed by atoms with Crippen LogP contribution >= 0.6 is 0 Å². The molecule has 0 aromatic carbocycles. The predicted molar refractivity (Wildman–Crippen MR) is 87.7 cm³/mol. The second-order valence-electron chi connectivity index (χ2n) is 5.23. The Kier molecular flexibility index (Phi) is 15.8. The average molecular weight is 331 g/mol. The van der Waals surface area contributed by atoms with Crippen LogP contribution in [0.4, 0.5) is 0 Å². The Morgan fingerprint density at radius 2 is 1.43 bits per heavy atom. The van der Waals surface area contributed by atoms with Crippen LogP contribution in [0.1, 0.15) is 78.1 Å². The van der Waals surface area contributed by atoms with Gasteiger partial charge in [-0.3, -0.25) is 4.79 Å². The van der Waals surface area contributed by atoms with E-state index in [1.165, 1.54) is 45.4 Å². The van der Waals surface area contributed by atoms with Crippen LogP contribution in [0.15, 0.2) is 0 Å². The molecule has 0 saturated heterocycles. The molecule has 0 spiro atoms. The van der Waals surface area contributed by atoms with Crippen molar-refractivity contribution in [2.45, 2.75) is 83.4 Å². The molecule has 0 bridgehead atoms. The summed E-state index contributed by atoms with van der Waals surface area (Å²) >= 11 is 0. The van der Waals surface area contributed by atoms with Crippen molar-refractivity contribution in [3.05, 3.63) is 0 Å². The Labute approximate surface area is 151 Å². The van der Waals surface area contributed by atoms with E-state index >= 15 is 0 Å². The molecule has 0 aromatic rings. The van der Waals surface area contributed by atoms with Crippen LogP contribution in [0.3, 0.4) is 0 Å². The van der Waals surface area contributed by atoms with Crippen LogP contribution < -0.4 is 5.73 Å². The third-order valence-electron chi connectivity index (χ3n) is 3.15. The zero-order chi connectivity index (χ0) is 15.4. The molecule has 0 aliphatic carbocycles. The summed E-state index contributed by atoms with van der Waals surface area (Å²) in [5.74, 6) is -0.703. The van der Waals surface area contributed by atoms with Gasteiger partial charge >= 0.3 is 45.6 Å². The molecule has 5 nitrogen and oxygen atoms in total. The first kappa shape index (κ1) is 23.6. The minimum atomic E-state index is -3.93. The predicted octanol–water partition coefficient (Wildman–Crippen LogP) is 2.44. The van der Waals surface area contributed by atoms with E-state index in [4.69, 9.17) is 5.73 Å². The fourth-order valence-corrected chi connectivity index (χ4v) is 2.32. The molecule has 122 valence electrons. The van der Waals surface area contributed by atoms with Gasteiger partial charge in [-0.1, -0.05) is 58.3 Å². The van der Waals surface area contributed by atoms with Crippen LogP contribution in [0.2, 0.25) is 0 Å². The van der Waals surface area contributed by atoms with E-state index in [0.29, 0.717) is 6.42 Å². The molecule has 0 rings (SSSR count). The Balaban J connectivity index is 0. The quantitative estimate of drug-likeness (QED) is 0.337. The third-order valence-corrected chi connectivity index (χ3v) is 4.48. The summed E-state index contributed by atoms with van der Waals surface area (Å²) in [6.07, 6.45) is 10.4. The van der Waals surface area contributed by atoms with Gasteiger partial charge in [0, 0.05) is 6.42 Å². The molecule has 7 heteroatoms. The molecule has 0 aromatic heterocycles. The summed E-state index contributed by atoms with van der Waals surface area (Å²) in [4.78, 5) is 11.3. The molecule has 0 fully saturated rings. The SMILES string of the molecule is CCCCCCCCCCCC(=O)OS(=O)(=O)C(C)N.[NaH]. The van der Waals surface area contributed by atoms with Crippen LogP contribution in [-0.2, 0) is 19.1 Å². The second-order valence-corrected chi connectivity index (χ2v) is 7.13. The standard InChI is InChI=1S/C14H29NO4S.Na.H/c1-3-4-5-6-7-8-9-10-11-12-14(16)19-20(17,18)13(2)15;;/h13H,3-12,15H2,1-2H3;;. The van der Waals surface area contributed by atoms with E-state index in [2.05, 4.69) is 11.1 Å². The molecular formula is C14H30NNaO4S. The molecule has 1 unspecified atom stereocenters. The van der Waals surface area contributed by atoms with Crippen LogP contribution in [-0.4, -0.2) is 49.3 Å². The molecule has 0 radical (unpaired) electrons. The van der Waals surface area contributed by atoms with Gasteiger partial charge in [-0.05, 0) is 13.3 Å². The van der Waals surface area contributed by atoms with E-state index in [1.54, 1.807) is 0 Å². The van der Waals surface area contributed by atoms with Crippen molar-refractivity contribution in [3.8, 4) is 0 Å². The van der Waals surface area contributed by atoms with Gasteiger partial charge in [0.1, 0.15) is 5.37 Å². The Morgan fingerprint density at radius 1 is 1.00 bits per heavy atom. The topological polar surface area (TPSA) is 86.5 Å². The van der Waals surface area contributed by atoms with E-state index in [1.807, 2.05) is 0 Å². The summed E-state index contributed by atoms with van der Waals surface area (Å²) in [6.45, 7) is 3.48. The number of hydrogen-bond donors (Lipinski definition) is 1. The van der Waals surface area contributed by atoms with E-state index in [9.17, 15) is 13.2 Å². The van der Waals surface area contributed by atoms with Crippen LogP contribution in [0.25, 0.3) is 0 Å². The number of nitrogens with two attached hydrogens (primary N) is 1. The maximum atomic E-state index is 11.3. The summed E-state index contributed by atoms with van der Waals surface area (Å²) in [6, 6.07) is 0. The van der Waals surface area contributed by atoms with Crippen molar-refractivity contribution in [2.24, 2.45) is 5.73 Å².